The zero-order valence-corrected chi connectivity index (χ0v) is 8.44. The Labute approximate surface area is 83.8 Å². The predicted molar refractivity (Wildman–Crippen MR) is 55.0 cm³/mol. The van der Waals surface area contributed by atoms with Crippen molar-refractivity contribution in [2.75, 3.05) is 0 Å². The molecule has 0 aromatic heterocycles. The molecule has 0 bridgehead atoms. The highest BCUT2D eigenvalue weighted by molar-refractivity contribution is 5.33. The maximum Gasteiger partial charge on any atom is 0.144 e. The summed E-state index contributed by atoms with van der Waals surface area (Å²) in [5.74, 6) is 1.36. The molecule has 0 spiro atoms. The number of rotatable bonds is 4. The molecule has 0 aliphatic rings. The second-order valence-corrected chi connectivity index (χ2v) is 3.12. The maximum atomic E-state index is 5.49. The van der Waals surface area contributed by atoms with Crippen molar-refractivity contribution < 1.29 is 9.47 Å². The molecule has 0 amide bonds. The fourth-order valence-electron chi connectivity index (χ4n) is 1.05. The Kier molecular flexibility index (Phi) is 3.73. The first kappa shape index (κ1) is 10.8. The van der Waals surface area contributed by atoms with E-state index in [1.807, 2.05) is 18.2 Å². The van der Waals surface area contributed by atoms with E-state index in [-0.39, 0.29) is 12.5 Å². The molecule has 1 aromatic rings. The Hall–Kier alpha value is -1.26. The van der Waals surface area contributed by atoms with E-state index >= 15 is 0 Å². The highest BCUT2D eigenvalue weighted by Gasteiger charge is 2.01. The standard InChI is InChI=1S/C10H16N2O2/c1-7(11)13-9-4-3-5-10(6-9)14-8(2)12/h3-8H,11-12H2,1-2H3. The van der Waals surface area contributed by atoms with Gasteiger partial charge in [0.25, 0.3) is 0 Å². The summed E-state index contributed by atoms with van der Waals surface area (Å²) < 4.78 is 10.6. The minimum Gasteiger partial charge on any atom is -0.476 e. The summed E-state index contributed by atoms with van der Waals surface area (Å²) in [6.07, 6.45) is -0.666. The molecule has 4 heteroatoms. The molecule has 0 saturated carbocycles. The largest absolute Gasteiger partial charge is 0.476 e. The van der Waals surface area contributed by atoms with Crippen LogP contribution in [0.5, 0.6) is 11.5 Å². The number of hydrogen-bond acceptors (Lipinski definition) is 4. The molecule has 78 valence electrons. The summed E-state index contributed by atoms with van der Waals surface area (Å²) in [5.41, 5.74) is 11.0. The normalized spacial score (nSPS) is 14.6. The van der Waals surface area contributed by atoms with Crippen molar-refractivity contribution in [2.45, 2.75) is 26.3 Å². The van der Waals surface area contributed by atoms with E-state index in [0.29, 0.717) is 11.5 Å². The first-order valence-corrected chi connectivity index (χ1v) is 4.52. The second-order valence-electron chi connectivity index (χ2n) is 3.12. The number of hydrogen-bond donors (Lipinski definition) is 2. The van der Waals surface area contributed by atoms with Gasteiger partial charge < -0.3 is 9.47 Å². The van der Waals surface area contributed by atoms with Gasteiger partial charge in [-0.05, 0) is 26.0 Å². The van der Waals surface area contributed by atoms with Gasteiger partial charge in [0.1, 0.15) is 24.0 Å². The van der Waals surface area contributed by atoms with E-state index in [9.17, 15) is 0 Å². The minimum atomic E-state index is -0.333. The topological polar surface area (TPSA) is 70.5 Å². The van der Waals surface area contributed by atoms with Crippen molar-refractivity contribution in [1.82, 2.24) is 0 Å². The van der Waals surface area contributed by atoms with Gasteiger partial charge in [-0.3, -0.25) is 11.5 Å². The summed E-state index contributed by atoms with van der Waals surface area (Å²) >= 11 is 0. The average molecular weight is 196 g/mol. The van der Waals surface area contributed by atoms with Crippen LogP contribution in [0.1, 0.15) is 13.8 Å². The lowest BCUT2D eigenvalue weighted by atomic mass is 10.3. The summed E-state index contributed by atoms with van der Waals surface area (Å²) in [5, 5.41) is 0. The van der Waals surface area contributed by atoms with Crippen LogP contribution in [0.25, 0.3) is 0 Å². The smallest absolute Gasteiger partial charge is 0.144 e. The maximum absolute atomic E-state index is 5.49. The van der Waals surface area contributed by atoms with Crippen LogP contribution in [-0.4, -0.2) is 12.5 Å². The fraction of sp³-hybridized carbons (Fsp3) is 0.400. The monoisotopic (exact) mass is 196 g/mol. The van der Waals surface area contributed by atoms with E-state index < -0.39 is 0 Å². The number of nitrogens with two attached hydrogens (primary N) is 2. The summed E-state index contributed by atoms with van der Waals surface area (Å²) in [7, 11) is 0. The Morgan fingerprint density at radius 2 is 1.43 bits per heavy atom. The van der Waals surface area contributed by atoms with Gasteiger partial charge in [0.2, 0.25) is 0 Å². The molecule has 2 unspecified atom stereocenters. The van der Waals surface area contributed by atoms with Crippen molar-refractivity contribution in [1.29, 1.82) is 0 Å². The molecule has 1 aromatic carbocycles. The van der Waals surface area contributed by atoms with Gasteiger partial charge >= 0.3 is 0 Å². The highest BCUT2D eigenvalue weighted by Crippen LogP contribution is 2.20. The van der Waals surface area contributed by atoms with Crippen LogP contribution in [0, 0.1) is 0 Å². The third-order valence-electron chi connectivity index (χ3n) is 1.45. The van der Waals surface area contributed by atoms with Crippen molar-refractivity contribution in [3.8, 4) is 11.5 Å². The SMILES string of the molecule is CC(N)Oc1cccc(OC(C)N)c1. The number of ether oxygens (including phenoxy) is 2. The van der Waals surface area contributed by atoms with Crippen LogP contribution in [0.15, 0.2) is 24.3 Å². The summed E-state index contributed by atoms with van der Waals surface area (Å²) in [6, 6.07) is 7.22. The fourth-order valence-corrected chi connectivity index (χ4v) is 1.05. The first-order chi connectivity index (χ1) is 6.58. The van der Waals surface area contributed by atoms with Gasteiger partial charge in [-0.1, -0.05) is 6.07 Å². The minimum absolute atomic E-state index is 0.333. The van der Waals surface area contributed by atoms with Crippen LogP contribution >= 0.6 is 0 Å². The van der Waals surface area contributed by atoms with E-state index in [1.54, 1.807) is 19.9 Å². The van der Waals surface area contributed by atoms with E-state index in [1.165, 1.54) is 0 Å². The average Bonchev–Trinajstić information content (AvgIpc) is 2.01. The first-order valence-electron chi connectivity index (χ1n) is 4.52. The quantitative estimate of drug-likeness (QED) is 0.706. The lowest BCUT2D eigenvalue weighted by Crippen LogP contribution is -2.23. The molecule has 0 radical (unpaired) electrons. The molecule has 0 heterocycles. The zero-order chi connectivity index (χ0) is 10.6. The predicted octanol–water partition coefficient (Wildman–Crippen LogP) is 1.05. The molecular formula is C10H16N2O2. The molecule has 1 rings (SSSR count). The lowest BCUT2D eigenvalue weighted by Gasteiger charge is -2.12. The molecule has 0 fully saturated rings. The van der Waals surface area contributed by atoms with E-state index in [2.05, 4.69) is 0 Å². The molecule has 14 heavy (non-hydrogen) atoms. The molecule has 2 atom stereocenters. The van der Waals surface area contributed by atoms with Gasteiger partial charge in [-0.2, -0.15) is 0 Å². The van der Waals surface area contributed by atoms with Gasteiger partial charge in [0.15, 0.2) is 0 Å². The molecule has 0 aliphatic carbocycles. The van der Waals surface area contributed by atoms with Crippen LogP contribution in [0.4, 0.5) is 0 Å². The molecule has 4 nitrogen and oxygen atoms in total. The van der Waals surface area contributed by atoms with Crippen molar-refractivity contribution in [2.24, 2.45) is 11.5 Å². The van der Waals surface area contributed by atoms with Crippen molar-refractivity contribution in [3.05, 3.63) is 24.3 Å². The Balaban J connectivity index is 2.68. The molecule has 0 saturated heterocycles. The van der Waals surface area contributed by atoms with Crippen LogP contribution < -0.4 is 20.9 Å². The molecular weight excluding hydrogens is 180 g/mol. The van der Waals surface area contributed by atoms with Crippen LogP contribution in [0.3, 0.4) is 0 Å². The summed E-state index contributed by atoms with van der Waals surface area (Å²) in [6.45, 7) is 3.53. The van der Waals surface area contributed by atoms with E-state index in [0.717, 1.165) is 0 Å². The lowest BCUT2D eigenvalue weighted by molar-refractivity contribution is 0.217. The van der Waals surface area contributed by atoms with Gasteiger partial charge in [-0.25, -0.2) is 0 Å². The Morgan fingerprint density at radius 3 is 1.79 bits per heavy atom. The van der Waals surface area contributed by atoms with Crippen LogP contribution in [-0.2, 0) is 0 Å². The third kappa shape index (κ3) is 3.64. The Morgan fingerprint density at radius 1 is 1.00 bits per heavy atom. The zero-order valence-electron chi connectivity index (χ0n) is 8.44. The molecule has 0 aliphatic heterocycles. The highest BCUT2D eigenvalue weighted by atomic mass is 16.5. The Bertz CT molecular complexity index is 262. The second kappa shape index (κ2) is 4.83. The van der Waals surface area contributed by atoms with Crippen LogP contribution in [0.2, 0.25) is 0 Å². The third-order valence-corrected chi connectivity index (χ3v) is 1.45. The summed E-state index contributed by atoms with van der Waals surface area (Å²) in [4.78, 5) is 0. The van der Waals surface area contributed by atoms with Crippen molar-refractivity contribution >= 4 is 0 Å². The van der Waals surface area contributed by atoms with Gasteiger partial charge in [-0.15, -0.1) is 0 Å². The number of benzene rings is 1. The van der Waals surface area contributed by atoms with E-state index in [4.69, 9.17) is 20.9 Å². The molecule has 4 N–H and O–H groups in total. The van der Waals surface area contributed by atoms with Gasteiger partial charge in [0.05, 0.1) is 0 Å². The van der Waals surface area contributed by atoms with Crippen molar-refractivity contribution in [3.63, 3.8) is 0 Å². The van der Waals surface area contributed by atoms with Gasteiger partial charge in [0, 0.05) is 6.07 Å².